The van der Waals surface area contributed by atoms with Crippen LogP contribution >= 0.6 is 0 Å². The highest BCUT2D eigenvalue weighted by Crippen LogP contribution is 2.30. The maximum absolute atomic E-state index is 11.9. The van der Waals surface area contributed by atoms with E-state index in [1.807, 2.05) is 0 Å². The number of aromatic carboxylic acids is 1. The molecule has 39 heavy (non-hydrogen) atoms. The molecule has 0 spiro atoms. The van der Waals surface area contributed by atoms with Gasteiger partial charge in [0.05, 0.1) is 24.1 Å². The Morgan fingerprint density at radius 1 is 0.872 bits per heavy atom. The SMILES string of the molecule is CC(=O)OC[C@H]1O[C@H](OCc2cn(-c3ccc(C(=O)O)cc3)nn2)[C@@H](OC(C)=O)[C@@H](OC(C)=O)[C@@H]1OC(C)=O. The molecule has 15 heteroatoms. The summed E-state index contributed by atoms with van der Waals surface area (Å²) in [5.74, 6) is -3.98. The van der Waals surface area contributed by atoms with Crippen LogP contribution in [0.1, 0.15) is 43.7 Å². The van der Waals surface area contributed by atoms with Crippen molar-refractivity contribution in [1.82, 2.24) is 15.0 Å². The third-order valence-electron chi connectivity index (χ3n) is 5.26. The predicted octanol–water partition coefficient (Wildman–Crippen LogP) is 0.565. The molecule has 0 amide bonds. The van der Waals surface area contributed by atoms with E-state index < -0.39 is 60.6 Å². The van der Waals surface area contributed by atoms with Gasteiger partial charge in [-0.1, -0.05) is 5.21 Å². The third-order valence-corrected chi connectivity index (χ3v) is 5.26. The molecule has 0 radical (unpaired) electrons. The minimum absolute atomic E-state index is 0.103. The number of carbonyl (C=O) groups excluding carboxylic acids is 4. The van der Waals surface area contributed by atoms with Crippen LogP contribution in [0, 0.1) is 0 Å². The highest BCUT2D eigenvalue weighted by atomic mass is 16.7. The highest BCUT2D eigenvalue weighted by Gasteiger charge is 2.52. The second-order valence-electron chi connectivity index (χ2n) is 8.39. The number of nitrogens with zero attached hydrogens (tertiary/aromatic N) is 3. The van der Waals surface area contributed by atoms with Crippen molar-refractivity contribution in [2.75, 3.05) is 6.61 Å². The molecule has 0 unspecified atom stereocenters. The van der Waals surface area contributed by atoms with Gasteiger partial charge in [0.25, 0.3) is 0 Å². The Labute approximate surface area is 221 Å². The molecule has 0 bridgehead atoms. The van der Waals surface area contributed by atoms with Gasteiger partial charge < -0.3 is 33.5 Å². The van der Waals surface area contributed by atoms with E-state index in [9.17, 15) is 24.0 Å². The van der Waals surface area contributed by atoms with Crippen LogP contribution in [0.5, 0.6) is 0 Å². The van der Waals surface area contributed by atoms with Gasteiger partial charge >= 0.3 is 29.8 Å². The Kier molecular flexibility index (Phi) is 9.68. The number of hydrogen-bond acceptors (Lipinski definition) is 13. The van der Waals surface area contributed by atoms with Gasteiger partial charge in [0, 0.05) is 27.7 Å². The lowest BCUT2D eigenvalue weighted by atomic mass is 9.98. The molecule has 3 rings (SSSR count). The number of carboxylic acid groups (broad SMARTS) is 1. The van der Waals surface area contributed by atoms with Crippen LogP contribution in [-0.4, -0.2) is 87.3 Å². The average molecular weight is 549 g/mol. The molecule has 1 N–H and O–H groups in total. The van der Waals surface area contributed by atoms with Gasteiger partial charge in [-0.15, -0.1) is 5.10 Å². The van der Waals surface area contributed by atoms with Crippen molar-refractivity contribution in [2.24, 2.45) is 0 Å². The molecule has 1 aromatic heterocycles. The van der Waals surface area contributed by atoms with Crippen LogP contribution < -0.4 is 0 Å². The van der Waals surface area contributed by atoms with E-state index >= 15 is 0 Å². The minimum atomic E-state index is -1.37. The van der Waals surface area contributed by atoms with E-state index in [2.05, 4.69) is 10.3 Å². The van der Waals surface area contributed by atoms with Gasteiger partial charge in [0.2, 0.25) is 0 Å². The Bertz CT molecular complexity index is 1210. The van der Waals surface area contributed by atoms with E-state index in [0.717, 1.165) is 20.8 Å². The number of rotatable bonds is 10. The summed E-state index contributed by atoms with van der Waals surface area (Å²) in [7, 11) is 0. The number of ether oxygens (including phenoxy) is 6. The topological polar surface area (TPSA) is 192 Å². The number of carboxylic acids is 1. The normalized spacial score (nSPS) is 22.4. The second kappa shape index (κ2) is 12.9. The predicted molar refractivity (Wildman–Crippen MR) is 125 cm³/mol. The molecular formula is C24H27N3O12. The van der Waals surface area contributed by atoms with E-state index in [1.165, 1.54) is 29.9 Å². The van der Waals surface area contributed by atoms with Gasteiger partial charge in [0.1, 0.15) is 18.4 Å². The lowest BCUT2D eigenvalue weighted by molar-refractivity contribution is -0.310. The van der Waals surface area contributed by atoms with Crippen LogP contribution in [0.3, 0.4) is 0 Å². The van der Waals surface area contributed by atoms with E-state index in [4.69, 9.17) is 33.5 Å². The minimum Gasteiger partial charge on any atom is -0.478 e. The van der Waals surface area contributed by atoms with Gasteiger partial charge in [-0.05, 0) is 24.3 Å². The second-order valence-corrected chi connectivity index (χ2v) is 8.39. The van der Waals surface area contributed by atoms with Crippen LogP contribution in [-0.2, 0) is 54.2 Å². The highest BCUT2D eigenvalue weighted by molar-refractivity contribution is 5.87. The lowest BCUT2D eigenvalue weighted by Crippen LogP contribution is -2.62. The molecule has 1 fully saturated rings. The van der Waals surface area contributed by atoms with Crippen LogP contribution in [0.4, 0.5) is 0 Å². The van der Waals surface area contributed by atoms with E-state index in [0.29, 0.717) is 11.4 Å². The first kappa shape index (κ1) is 29.2. The van der Waals surface area contributed by atoms with Gasteiger partial charge in [-0.3, -0.25) is 19.2 Å². The number of benzene rings is 1. The third kappa shape index (κ3) is 8.05. The monoisotopic (exact) mass is 549 g/mol. The van der Waals surface area contributed by atoms with Crippen molar-refractivity contribution < 1.29 is 57.5 Å². The first-order valence-corrected chi connectivity index (χ1v) is 11.6. The van der Waals surface area contributed by atoms with Gasteiger partial charge in [0.15, 0.2) is 24.6 Å². The average Bonchev–Trinajstić information content (AvgIpc) is 3.33. The van der Waals surface area contributed by atoms with Crippen LogP contribution in [0.15, 0.2) is 30.5 Å². The summed E-state index contributed by atoms with van der Waals surface area (Å²) in [6.07, 6.45) is -5.04. The van der Waals surface area contributed by atoms with Crippen molar-refractivity contribution >= 4 is 29.8 Å². The number of carbonyl (C=O) groups is 5. The standard InChI is InChI=1S/C24H27N3O12/c1-12(28)34-11-19-20(36-13(2)29)21(37-14(3)30)22(38-15(4)31)24(39-19)35-10-17-9-27(26-25-17)18-7-5-16(6-8-18)23(32)33/h5-9,19-22,24H,10-11H2,1-4H3,(H,32,33)/t19-,20-,21+,22+,24+/m1/s1. The summed E-state index contributed by atoms with van der Waals surface area (Å²) in [5, 5.41) is 17.0. The summed E-state index contributed by atoms with van der Waals surface area (Å²) >= 11 is 0. The molecule has 5 atom stereocenters. The molecule has 210 valence electrons. The van der Waals surface area contributed by atoms with E-state index in [1.54, 1.807) is 12.1 Å². The summed E-state index contributed by atoms with van der Waals surface area (Å²) < 4.78 is 34.1. The molecule has 1 aliphatic rings. The zero-order valence-corrected chi connectivity index (χ0v) is 21.5. The smallest absolute Gasteiger partial charge is 0.335 e. The largest absolute Gasteiger partial charge is 0.478 e. The number of hydrogen-bond donors (Lipinski definition) is 1. The zero-order chi connectivity index (χ0) is 28.7. The quantitative estimate of drug-likeness (QED) is 0.319. The fourth-order valence-corrected chi connectivity index (χ4v) is 3.74. The van der Waals surface area contributed by atoms with Gasteiger partial charge in [-0.2, -0.15) is 0 Å². The fraction of sp³-hybridized carbons (Fsp3) is 0.458. The first-order valence-electron chi connectivity index (χ1n) is 11.6. The van der Waals surface area contributed by atoms with Crippen LogP contribution in [0.25, 0.3) is 5.69 Å². The lowest BCUT2D eigenvalue weighted by Gasteiger charge is -2.43. The summed E-state index contributed by atoms with van der Waals surface area (Å²) in [5.41, 5.74) is 0.947. The fourth-order valence-electron chi connectivity index (χ4n) is 3.74. The molecule has 15 nitrogen and oxygen atoms in total. The summed E-state index contributed by atoms with van der Waals surface area (Å²) in [4.78, 5) is 58.1. The number of aromatic nitrogens is 3. The molecule has 1 aromatic carbocycles. The summed E-state index contributed by atoms with van der Waals surface area (Å²) in [6, 6.07) is 5.91. The van der Waals surface area contributed by atoms with Crippen molar-refractivity contribution in [1.29, 1.82) is 0 Å². The Morgan fingerprint density at radius 3 is 2.03 bits per heavy atom. The molecule has 1 saturated heterocycles. The van der Waals surface area contributed by atoms with Crippen LogP contribution in [0.2, 0.25) is 0 Å². The Hall–Kier alpha value is -4.37. The van der Waals surface area contributed by atoms with Gasteiger partial charge in [-0.25, -0.2) is 9.48 Å². The molecule has 2 heterocycles. The Morgan fingerprint density at radius 2 is 1.46 bits per heavy atom. The molecule has 0 saturated carbocycles. The van der Waals surface area contributed by atoms with Crippen molar-refractivity contribution in [2.45, 2.75) is 65.0 Å². The maximum Gasteiger partial charge on any atom is 0.335 e. The van der Waals surface area contributed by atoms with E-state index in [-0.39, 0.29) is 18.8 Å². The molecule has 1 aliphatic heterocycles. The van der Waals surface area contributed by atoms with Crippen molar-refractivity contribution in [3.63, 3.8) is 0 Å². The first-order chi connectivity index (χ1) is 18.4. The van der Waals surface area contributed by atoms with Crippen molar-refractivity contribution in [3.05, 3.63) is 41.7 Å². The summed E-state index contributed by atoms with van der Waals surface area (Å²) in [6.45, 7) is 3.91. The molecule has 0 aliphatic carbocycles. The molecule has 2 aromatic rings. The zero-order valence-electron chi connectivity index (χ0n) is 21.5. The van der Waals surface area contributed by atoms with Crippen molar-refractivity contribution in [3.8, 4) is 5.69 Å². The maximum atomic E-state index is 11.9. The number of esters is 4. The molecular weight excluding hydrogens is 522 g/mol. The Balaban J connectivity index is 1.84.